The topological polar surface area (TPSA) is 56.3 Å². The van der Waals surface area contributed by atoms with E-state index in [1.165, 1.54) is 59.2 Å². The molecule has 1 fully saturated rings. The predicted molar refractivity (Wildman–Crippen MR) is 202 cm³/mol. The van der Waals surface area contributed by atoms with Crippen LogP contribution in [0.3, 0.4) is 0 Å². The number of urea groups is 1. The second-order valence-corrected chi connectivity index (χ2v) is 14.6. The summed E-state index contributed by atoms with van der Waals surface area (Å²) in [5.74, 6) is 0.641. The van der Waals surface area contributed by atoms with Crippen molar-refractivity contribution in [1.82, 2.24) is 9.80 Å². The van der Waals surface area contributed by atoms with E-state index in [0.29, 0.717) is 38.2 Å². The van der Waals surface area contributed by atoms with Crippen molar-refractivity contribution in [2.24, 2.45) is 0 Å². The molecule has 1 saturated heterocycles. The number of imide groups is 1. The first kappa shape index (κ1) is 36.2. The molecular formula is C40H58N4O3S. The molecule has 5 rings (SSSR count). The Balaban J connectivity index is 1.10. The Morgan fingerprint density at radius 2 is 1.52 bits per heavy atom. The van der Waals surface area contributed by atoms with Gasteiger partial charge in [0.1, 0.15) is 5.75 Å². The monoisotopic (exact) mass is 674 g/mol. The van der Waals surface area contributed by atoms with Crippen molar-refractivity contribution in [3.8, 4) is 5.75 Å². The molecule has 0 bridgehead atoms. The van der Waals surface area contributed by atoms with Gasteiger partial charge in [-0.3, -0.25) is 9.69 Å². The minimum Gasteiger partial charge on any atom is -0.494 e. The third-order valence-electron chi connectivity index (χ3n) is 10.0. The molecule has 2 aliphatic rings. The van der Waals surface area contributed by atoms with Crippen LogP contribution in [0.4, 0.5) is 16.2 Å². The Bertz CT molecular complexity index is 1420. The van der Waals surface area contributed by atoms with Crippen LogP contribution in [0, 0.1) is 0 Å². The highest BCUT2D eigenvalue weighted by Crippen LogP contribution is 2.33. The number of ether oxygens (including phenoxy) is 1. The number of amides is 3. The number of piperazine rings is 1. The highest BCUT2D eigenvalue weighted by atomic mass is 32.1. The number of aryl methyl sites for hydroxylation is 1. The van der Waals surface area contributed by atoms with Crippen molar-refractivity contribution in [1.29, 1.82) is 0 Å². The molecule has 1 aromatic heterocycles. The smallest absolute Gasteiger partial charge is 0.331 e. The van der Waals surface area contributed by atoms with E-state index in [2.05, 4.69) is 53.3 Å². The summed E-state index contributed by atoms with van der Waals surface area (Å²) in [5, 5.41) is 3.56. The van der Waals surface area contributed by atoms with E-state index in [0.717, 1.165) is 82.6 Å². The molecule has 0 N–H and O–H groups in total. The van der Waals surface area contributed by atoms with Crippen molar-refractivity contribution in [2.45, 2.75) is 104 Å². The van der Waals surface area contributed by atoms with Crippen LogP contribution in [0.15, 0.2) is 47.8 Å². The maximum Gasteiger partial charge on any atom is 0.331 e. The van der Waals surface area contributed by atoms with Gasteiger partial charge in [0.2, 0.25) is 5.91 Å². The molecule has 8 heteroatoms. The summed E-state index contributed by atoms with van der Waals surface area (Å²) in [6.07, 6.45) is 14.6. The van der Waals surface area contributed by atoms with Crippen molar-refractivity contribution in [2.75, 3.05) is 62.2 Å². The van der Waals surface area contributed by atoms with E-state index in [4.69, 9.17) is 4.74 Å². The number of thiophene rings is 1. The SMILES string of the molecule is CCCCCCCN(CCCCCCC)C(=O)N1C(=O)CCc2ccc(OCCCCN3CCN(c4cccc5sccc45)CC3)cc21. The van der Waals surface area contributed by atoms with Gasteiger partial charge in [-0.25, -0.2) is 9.69 Å². The van der Waals surface area contributed by atoms with Crippen LogP contribution in [-0.2, 0) is 11.2 Å². The molecule has 7 nitrogen and oxygen atoms in total. The summed E-state index contributed by atoms with van der Waals surface area (Å²) >= 11 is 1.81. The van der Waals surface area contributed by atoms with Crippen LogP contribution in [0.2, 0.25) is 0 Å². The van der Waals surface area contributed by atoms with Crippen molar-refractivity contribution >= 4 is 44.7 Å². The molecule has 0 unspecified atom stereocenters. The Kier molecular flexibility index (Phi) is 14.5. The van der Waals surface area contributed by atoms with Crippen LogP contribution < -0.4 is 14.5 Å². The quantitative estimate of drug-likeness (QED) is 0.119. The Hall–Kier alpha value is -3.10. The number of rotatable bonds is 19. The summed E-state index contributed by atoms with van der Waals surface area (Å²) in [5.41, 5.74) is 3.13. The lowest BCUT2D eigenvalue weighted by atomic mass is 10.0. The van der Waals surface area contributed by atoms with Gasteiger partial charge < -0.3 is 14.5 Å². The summed E-state index contributed by atoms with van der Waals surface area (Å²) in [7, 11) is 0. The molecule has 0 radical (unpaired) electrons. The number of nitrogens with zero attached hydrogens (tertiary/aromatic N) is 4. The third kappa shape index (κ3) is 9.97. The average molecular weight is 675 g/mol. The molecule has 0 atom stereocenters. The van der Waals surface area contributed by atoms with E-state index in [1.807, 2.05) is 34.4 Å². The zero-order chi connectivity index (χ0) is 33.6. The molecule has 3 aromatic rings. The van der Waals surface area contributed by atoms with Crippen LogP contribution >= 0.6 is 11.3 Å². The summed E-state index contributed by atoms with van der Waals surface area (Å²) in [6.45, 7) is 11.9. The lowest BCUT2D eigenvalue weighted by Crippen LogP contribution is -2.49. The van der Waals surface area contributed by atoms with E-state index < -0.39 is 0 Å². The molecule has 2 aliphatic heterocycles. The molecule has 2 aromatic carbocycles. The van der Waals surface area contributed by atoms with E-state index in [-0.39, 0.29) is 11.9 Å². The Morgan fingerprint density at radius 3 is 2.25 bits per heavy atom. The fourth-order valence-electron chi connectivity index (χ4n) is 7.10. The molecule has 3 amide bonds. The second kappa shape index (κ2) is 19.2. The van der Waals surface area contributed by atoms with Crippen LogP contribution in [-0.4, -0.2) is 74.2 Å². The van der Waals surface area contributed by atoms with Gasteiger partial charge in [-0.05, 0) is 73.9 Å². The highest BCUT2D eigenvalue weighted by Gasteiger charge is 2.33. The van der Waals surface area contributed by atoms with Crippen molar-refractivity contribution in [3.63, 3.8) is 0 Å². The maximum absolute atomic E-state index is 14.0. The number of anilines is 2. The molecule has 262 valence electrons. The zero-order valence-electron chi connectivity index (χ0n) is 29.6. The van der Waals surface area contributed by atoms with Gasteiger partial charge in [-0.1, -0.05) is 77.3 Å². The lowest BCUT2D eigenvalue weighted by molar-refractivity contribution is -0.118. The molecule has 3 heterocycles. The summed E-state index contributed by atoms with van der Waals surface area (Å²) in [4.78, 5) is 35.8. The van der Waals surface area contributed by atoms with Crippen LogP contribution in [0.5, 0.6) is 5.75 Å². The van der Waals surface area contributed by atoms with Crippen molar-refractivity contribution < 1.29 is 14.3 Å². The second-order valence-electron chi connectivity index (χ2n) is 13.6. The normalized spacial score (nSPS) is 15.2. The molecule has 48 heavy (non-hydrogen) atoms. The number of fused-ring (bicyclic) bond motifs is 2. The molecular weight excluding hydrogens is 617 g/mol. The minimum absolute atomic E-state index is 0.0984. The molecule has 0 spiro atoms. The van der Waals surface area contributed by atoms with Gasteiger partial charge in [0.15, 0.2) is 0 Å². The number of benzene rings is 2. The van der Waals surface area contributed by atoms with Crippen LogP contribution in [0.1, 0.15) is 103 Å². The fraction of sp³-hybridized carbons (Fsp3) is 0.600. The van der Waals surface area contributed by atoms with Crippen LogP contribution in [0.25, 0.3) is 10.1 Å². The summed E-state index contributed by atoms with van der Waals surface area (Å²) < 4.78 is 7.57. The zero-order valence-corrected chi connectivity index (χ0v) is 30.4. The first-order valence-electron chi connectivity index (χ1n) is 18.9. The number of carbonyl (C=O) groups excluding carboxylic acids is 2. The van der Waals surface area contributed by atoms with E-state index >= 15 is 0 Å². The fourth-order valence-corrected chi connectivity index (χ4v) is 7.91. The van der Waals surface area contributed by atoms with Gasteiger partial charge >= 0.3 is 6.03 Å². The van der Waals surface area contributed by atoms with Gasteiger partial charge in [-0.2, -0.15) is 0 Å². The standard InChI is InChI=1S/C40H58N4O3S/c1-3-5-7-9-11-24-43(25-12-10-8-6-4-2)40(46)44-37-32-34(20-18-33(37)19-21-39(44)45)47-30-14-13-23-41-26-28-42(29-27-41)36-16-15-17-38-35(36)22-31-48-38/h15-18,20,22,31-32H,3-14,19,21,23-30H2,1-2H3. The Morgan fingerprint density at radius 1 is 0.792 bits per heavy atom. The average Bonchev–Trinajstić information content (AvgIpc) is 3.60. The predicted octanol–water partition coefficient (Wildman–Crippen LogP) is 9.52. The van der Waals surface area contributed by atoms with Gasteiger partial charge in [-0.15, -0.1) is 11.3 Å². The number of unbranched alkanes of at least 4 members (excludes halogenated alkanes) is 9. The van der Waals surface area contributed by atoms with Crippen molar-refractivity contribution in [3.05, 3.63) is 53.4 Å². The lowest BCUT2D eigenvalue weighted by Gasteiger charge is -2.36. The maximum atomic E-state index is 14.0. The molecule has 0 aliphatic carbocycles. The molecule has 0 saturated carbocycles. The summed E-state index contributed by atoms with van der Waals surface area (Å²) in [6, 6.07) is 14.7. The van der Waals surface area contributed by atoms with Gasteiger partial charge in [0, 0.05) is 67.5 Å². The first-order chi connectivity index (χ1) is 23.6. The van der Waals surface area contributed by atoms with E-state index in [1.54, 1.807) is 0 Å². The Labute approximate surface area is 293 Å². The number of hydrogen-bond donors (Lipinski definition) is 0. The highest BCUT2D eigenvalue weighted by molar-refractivity contribution is 7.17. The van der Waals surface area contributed by atoms with Gasteiger partial charge in [0.25, 0.3) is 0 Å². The minimum atomic E-state index is -0.156. The number of carbonyl (C=O) groups is 2. The van der Waals surface area contributed by atoms with E-state index in [9.17, 15) is 9.59 Å². The largest absolute Gasteiger partial charge is 0.494 e. The van der Waals surface area contributed by atoms with Gasteiger partial charge in [0.05, 0.1) is 12.3 Å². The number of hydrogen-bond acceptors (Lipinski definition) is 6. The third-order valence-corrected chi connectivity index (χ3v) is 10.9. The first-order valence-corrected chi connectivity index (χ1v) is 19.8.